The van der Waals surface area contributed by atoms with Crippen LogP contribution in [0, 0.1) is 0 Å². The van der Waals surface area contributed by atoms with E-state index in [-0.39, 0.29) is 0 Å². The second-order valence-electron chi connectivity index (χ2n) is 7.21. The molecule has 1 rings (SSSR count). The third-order valence-corrected chi connectivity index (χ3v) is 4.88. The van der Waals surface area contributed by atoms with E-state index in [0.717, 1.165) is 0 Å². The second-order valence-corrected chi connectivity index (χ2v) is 7.21. The minimum atomic E-state index is 1.27. The molecule has 23 heavy (non-hydrogen) atoms. The van der Waals surface area contributed by atoms with Crippen LogP contribution in [0.2, 0.25) is 0 Å². The molecule has 0 saturated carbocycles. The van der Waals surface area contributed by atoms with Crippen molar-refractivity contribution in [3.05, 3.63) is 35.4 Å². The molecule has 0 heterocycles. The van der Waals surface area contributed by atoms with Gasteiger partial charge in [0, 0.05) is 0 Å². The van der Waals surface area contributed by atoms with Gasteiger partial charge in [-0.1, -0.05) is 109 Å². The van der Waals surface area contributed by atoms with E-state index in [1.165, 1.54) is 96.3 Å². The molecule has 0 aromatic heterocycles. The lowest BCUT2D eigenvalue weighted by Gasteiger charge is -2.06. The number of unbranched alkanes of at least 4 members (excludes halogenated alkanes) is 11. The molecule has 0 unspecified atom stereocenters. The zero-order valence-electron chi connectivity index (χ0n) is 15.9. The molecule has 0 nitrogen and oxygen atoms in total. The minimum absolute atomic E-state index is 1.27. The molecule has 0 saturated heterocycles. The predicted molar refractivity (Wildman–Crippen MR) is 105 cm³/mol. The van der Waals surface area contributed by atoms with Crippen molar-refractivity contribution < 1.29 is 0 Å². The average Bonchev–Trinajstić information content (AvgIpc) is 2.57. The summed E-state index contributed by atoms with van der Waals surface area (Å²) in [5, 5.41) is 0. The number of hydrogen-bond acceptors (Lipinski definition) is 0. The highest BCUT2D eigenvalue weighted by Crippen LogP contribution is 2.14. The highest BCUT2D eigenvalue weighted by atomic mass is 14.0. The van der Waals surface area contributed by atoms with Gasteiger partial charge in [0.25, 0.3) is 0 Å². The van der Waals surface area contributed by atoms with Crippen LogP contribution in [0.15, 0.2) is 24.3 Å². The fourth-order valence-electron chi connectivity index (χ4n) is 3.34. The first kappa shape index (κ1) is 20.3. The summed E-state index contributed by atoms with van der Waals surface area (Å²) in [4.78, 5) is 0. The van der Waals surface area contributed by atoms with Crippen LogP contribution in [0.1, 0.15) is 108 Å². The Bertz CT molecular complexity index is 366. The Balaban J connectivity index is 2.09. The first-order valence-corrected chi connectivity index (χ1v) is 10.4. The highest BCUT2D eigenvalue weighted by Gasteiger charge is 1.98. The summed E-state index contributed by atoms with van der Waals surface area (Å²) in [7, 11) is 0. The first-order chi connectivity index (χ1) is 11.4. The molecular formula is C23H40. The maximum absolute atomic E-state index is 2.46. The summed E-state index contributed by atoms with van der Waals surface area (Å²) in [6.07, 6.45) is 20.8. The molecule has 0 atom stereocenters. The van der Waals surface area contributed by atoms with Crippen molar-refractivity contribution in [3.8, 4) is 0 Å². The fraction of sp³-hybridized carbons (Fsp3) is 0.739. The molecule has 1 aromatic carbocycles. The Morgan fingerprint density at radius 3 is 1.35 bits per heavy atom. The molecule has 132 valence electrons. The maximum atomic E-state index is 2.46. The van der Waals surface area contributed by atoms with Gasteiger partial charge in [-0.15, -0.1) is 0 Å². The van der Waals surface area contributed by atoms with E-state index in [2.05, 4.69) is 38.1 Å². The standard InChI is InChI=1S/C23H40/c1-3-5-7-9-10-11-13-15-18-23-20-16-19-22(21-23)17-14-12-8-6-4-2/h16,19-21H,3-15,17-18H2,1-2H3. The van der Waals surface area contributed by atoms with Crippen LogP contribution in [-0.2, 0) is 12.8 Å². The van der Waals surface area contributed by atoms with Crippen molar-refractivity contribution in [2.45, 2.75) is 110 Å². The lowest BCUT2D eigenvalue weighted by Crippen LogP contribution is -1.91. The zero-order valence-corrected chi connectivity index (χ0v) is 15.9. The second kappa shape index (κ2) is 14.8. The van der Waals surface area contributed by atoms with E-state index < -0.39 is 0 Å². The number of aryl methyl sites for hydroxylation is 2. The molecule has 0 aliphatic rings. The van der Waals surface area contributed by atoms with Crippen molar-refractivity contribution in [2.75, 3.05) is 0 Å². The highest BCUT2D eigenvalue weighted by molar-refractivity contribution is 5.23. The van der Waals surface area contributed by atoms with E-state index >= 15 is 0 Å². The van der Waals surface area contributed by atoms with Crippen LogP contribution < -0.4 is 0 Å². The van der Waals surface area contributed by atoms with Gasteiger partial charge < -0.3 is 0 Å². The van der Waals surface area contributed by atoms with Crippen molar-refractivity contribution in [1.82, 2.24) is 0 Å². The van der Waals surface area contributed by atoms with Crippen LogP contribution in [0.4, 0.5) is 0 Å². The summed E-state index contributed by atoms with van der Waals surface area (Å²) in [5.41, 5.74) is 3.11. The lowest BCUT2D eigenvalue weighted by molar-refractivity contribution is 0.575. The van der Waals surface area contributed by atoms with Gasteiger partial charge >= 0.3 is 0 Å². The van der Waals surface area contributed by atoms with Crippen molar-refractivity contribution >= 4 is 0 Å². The first-order valence-electron chi connectivity index (χ1n) is 10.4. The summed E-state index contributed by atoms with van der Waals surface area (Å²) in [6.45, 7) is 4.58. The lowest BCUT2D eigenvalue weighted by atomic mass is 10.00. The van der Waals surface area contributed by atoms with Crippen molar-refractivity contribution in [2.24, 2.45) is 0 Å². The molecular weight excluding hydrogens is 276 g/mol. The zero-order chi connectivity index (χ0) is 16.6. The Hall–Kier alpha value is -0.780. The van der Waals surface area contributed by atoms with E-state index in [1.54, 1.807) is 11.1 Å². The van der Waals surface area contributed by atoms with Gasteiger partial charge in [0.2, 0.25) is 0 Å². The SMILES string of the molecule is CCCCCCCCCCc1cccc(CCCCCCC)c1. The quantitative estimate of drug-likeness (QED) is 0.289. The summed E-state index contributed by atoms with van der Waals surface area (Å²) < 4.78 is 0. The smallest absolute Gasteiger partial charge is 0.0279 e. The van der Waals surface area contributed by atoms with Crippen LogP contribution in [0.5, 0.6) is 0 Å². The molecule has 0 amide bonds. The topological polar surface area (TPSA) is 0 Å². The van der Waals surface area contributed by atoms with Gasteiger partial charge in [-0.05, 0) is 36.8 Å². The van der Waals surface area contributed by atoms with E-state index in [0.29, 0.717) is 0 Å². The molecule has 0 radical (unpaired) electrons. The van der Waals surface area contributed by atoms with Gasteiger partial charge in [-0.3, -0.25) is 0 Å². The summed E-state index contributed by atoms with van der Waals surface area (Å²) >= 11 is 0. The third-order valence-electron chi connectivity index (χ3n) is 4.88. The molecule has 0 fully saturated rings. The summed E-state index contributed by atoms with van der Waals surface area (Å²) in [5.74, 6) is 0. The molecule has 0 heteroatoms. The number of benzene rings is 1. The number of hydrogen-bond donors (Lipinski definition) is 0. The predicted octanol–water partition coefficient (Wildman–Crippen LogP) is 7.88. The van der Waals surface area contributed by atoms with E-state index in [9.17, 15) is 0 Å². The van der Waals surface area contributed by atoms with Gasteiger partial charge in [-0.2, -0.15) is 0 Å². The minimum Gasteiger partial charge on any atom is -0.0654 e. The van der Waals surface area contributed by atoms with E-state index in [4.69, 9.17) is 0 Å². The molecule has 0 N–H and O–H groups in total. The monoisotopic (exact) mass is 316 g/mol. The fourth-order valence-corrected chi connectivity index (χ4v) is 3.34. The molecule has 0 aliphatic heterocycles. The Morgan fingerprint density at radius 1 is 0.522 bits per heavy atom. The molecule has 1 aromatic rings. The number of rotatable bonds is 15. The Labute approximate surface area is 146 Å². The largest absolute Gasteiger partial charge is 0.0654 e. The molecule has 0 spiro atoms. The molecule has 0 aliphatic carbocycles. The van der Waals surface area contributed by atoms with Crippen LogP contribution in [0.25, 0.3) is 0 Å². The third kappa shape index (κ3) is 11.4. The van der Waals surface area contributed by atoms with Crippen molar-refractivity contribution in [1.29, 1.82) is 0 Å². The van der Waals surface area contributed by atoms with Gasteiger partial charge in [0.15, 0.2) is 0 Å². The Kier molecular flexibility index (Phi) is 13.0. The summed E-state index contributed by atoms with van der Waals surface area (Å²) in [6, 6.07) is 9.36. The normalized spacial score (nSPS) is 11.0. The van der Waals surface area contributed by atoms with E-state index in [1.807, 2.05) is 0 Å². The van der Waals surface area contributed by atoms with Gasteiger partial charge in [0.05, 0.1) is 0 Å². The van der Waals surface area contributed by atoms with Crippen LogP contribution >= 0.6 is 0 Å². The maximum Gasteiger partial charge on any atom is -0.0279 e. The van der Waals surface area contributed by atoms with Crippen LogP contribution in [-0.4, -0.2) is 0 Å². The van der Waals surface area contributed by atoms with Gasteiger partial charge in [-0.25, -0.2) is 0 Å². The van der Waals surface area contributed by atoms with Crippen LogP contribution in [0.3, 0.4) is 0 Å². The average molecular weight is 317 g/mol. The van der Waals surface area contributed by atoms with Gasteiger partial charge in [0.1, 0.15) is 0 Å². The van der Waals surface area contributed by atoms with Crippen molar-refractivity contribution in [3.63, 3.8) is 0 Å². The molecule has 0 bridgehead atoms. The Morgan fingerprint density at radius 2 is 0.913 bits per heavy atom.